The monoisotopic (exact) mass is 450 g/mol. The highest BCUT2D eigenvalue weighted by molar-refractivity contribution is 5.67. The van der Waals surface area contributed by atoms with Crippen molar-refractivity contribution in [1.29, 1.82) is 0 Å². The molecule has 0 fully saturated rings. The number of carbonyl (C=O) groups excluding carboxylic acids is 1. The zero-order chi connectivity index (χ0) is 23.7. The third-order valence-electron chi connectivity index (χ3n) is 5.75. The van der Waals surface area contributed by atoms with Gasteiger partial charge in [0.15, 0.2) is 0 Å². The number of esters is 1. The molecule has 3 aromatic rings. The van der Waals surface area contributed by atoms with E-state index < -0.39 is 0 Å². The molecule has 4 rings (SSSR count). The van der Waals surface area contributed by atoms with Crippen LogP contribution >= 0.6 is 0 Å². The summed E-state index contributed by atoms with van der Waals surface area (Å²) in [5.41, 5.74) is 3.11. The molecule has 0 saturated heterocycles. The van der Waals surface area contributed by atoms with E-state index in [4.69, 9.17) is 14.2 Å². The van der Waals surface area contributed by atoms with Crippen LogP contribution in [0.1, 0.15) is 29.8 Å². The van der Waals surface area contributed by atoms with Gasteiger partial charge in [-0.3, -0.25) is 14.2 Å². The fourth-order valence-corrected chi connectivity index (χ4v) is 4.22. The van der Waals surface area contributed by atoms with E-state index in [0.29, 0.717) is 29.4 Å². The van der Waals surface area contributed by atoms with Crippen molar-refractivity contribution in [1.82, 2.24) is 14.5 Å². The molecule has 0 saturated carbocycles. The lowest BCUT2D eigenvalue weighted by molar-refractivity contribution is -0.146. The van der Waals surface area contributed by atoms with Crippen LogP contribution in [0.4, 0.5) is 5.82 Å². The molecular formula is C24H26N4O5. The van der Waals surface area contributed by atoms with Crippen molar-refractivity contribution < 1.29 is 19.0 Å². The second-order valence-corrected chi connectivity index (χ2v) is 7.84. The number of ether oxygens (including phenoxy) is 3. The standard InChI is InChI=1S/C24H26N4O5/c1-13-22(27-20-16-9-7-6-8-15(16)12-18(20)33-14(2)29)28(3)24(30)21(25-13)17-10-11-19(31-4)26-23(17)32-5/h6-11,18,20,27H,12H2,1-5H3. The maximum Gasteiger partial charge on any atom is 0.302 e. The van der Waals surface area contributed by atoms with Crippen molar-refractivity contribution >= 4 is 11.8 Å². The summed E-state index contributed by atoms with van der Waals surface area (Å²) >= 11 is 0. The van der Waals surface area contributed by atoms with Crippen LogP contribution in [0.3, 0.4) is 0 Å². The number of aryl methyl sites for hydroxylation is 1. The molecule has 1 aromatic carbocycles. The Morgan fingerprint density at radius 2 is 1.88 bits per heavy atom. The van der Waals surface area contributed by atoms with Crippen LogP contribution in [-0.2, 0) is 23.0 Å². The number of anilines is 1. The fourth-order valence-electron chi connectivity index (χ4n) is 4.22. The number of hydrogen-bond acceptors (Lipinski definition) is 8. The van der Waals surface area contributed by atoms with E-state index in [2.05, 4.69) is 15.3 Å². The number of carbonyl (C=O) groups is 1. The minimum Gasteiger partial charge on any atom is -0.481 e. The molecule has 9 heteroatoms. The number of methoxy groups -OCH3 is 2. The third-order valence-corrected chi connectivity index (χ3v) is 5.75. The SMILES string of the molecule is COc1ccc(-c2nc(C)c(NC3c4ccccc4CC3OC(C)=O)n(C)c2=O)c(OC)n1. The topological polar surface area (TPSA) is 105 Å². The Balaban J connectivity index is 1.76. The number of aromatic nitrogens is 3. The number of nitrogens with zero attached hydrogens (tertiary/aromatic N) is 3. The van der Waals surface area contributed by atoms with Gasteiger partial charge in [0.2, 0.25) is 11.8 Å². The Bertz CT molecular complexity index is 1270. The third kappa shape index (κ3) is 4.13. The van der Waals surface area contributed by atoms with Gasteiger partial charge in [0.1, 0.15) is 17.6 Å². The summed E-state index contributed by atoms with van der Waals surface area (Å²) in [6, 6.07) is 11.0. The smallest absolute Gasteiger partial charge is 0.302 e. The molecule has 0 radical (unpaired) electrons. The highest BCUT2D eigenvalue weighted by Gasteiger charge is 2.35. The van der Waals surface area contributed by atoms with Gasteiger partial charge in [-0.1, -0.05) is 24.3 Å². The summed E-state index contributed by atoms with van der Waals surface area (Å²) in [5, 5.41) is 3.41. The molecule has 1 aliphatic rings. The van der Waals surface area contributed by atoms with Crippen molar-refractivity contribution in [3.8, 4) is 23.0 Å². The van der Waals surface area contributed by atoms with Crippen molar-refractivity contribution in [2.45, 2.75) is 32.4 Å². The van der Waals surface area contributed by atoms with Gasteiger partial charge >= 0.3 is 5.97 Å². The van der Waals surface area contributed by atoms with Gasteiger partial charge in [0, 0.05) is 26.5 Å². The number of pyridine rings is 1. The first kappa shape index (κ1) is 22.3. The largest absolute Gasteiger partial charge is 0.481 e. The zero-order valence-corrected chi connectivity index (χ0v) is 19.2. The van der Waals surface area contributed by atoms with E-state index in [-0.39, 0.29) is 35.2 Å². The minimum absolute atomic E-state index is 0.218. The molecule has 33 heavy (non-hydrogen) atoms. The van der Waals surface area contributed by atoms with Gasteiger partial charge in [-0.05, 0) is 24.1 Å². The first-order chi connectivity index (χ1) is 15.8. The minimum atomic E-state index is -0.389. The van der Waals surface area contributed by atoms with E-state index >= 15 is 0 Å². The molecule has 0 amide bonds. The van der Waals surface area contributed by atoms with Crippen LogP contribution in [0.15, 0.2) is 41.2 Å². The van der Waals surface area contributed by atoms with E-state index in [9.17, 15) is 9.59 Å². The van der Waals surface area contributed by atoms with Crippen LogP contribution in [0.5, 0.6) is 11.8 Å². The maximum absolute atomic E-state index is 13.3. The van der Waals surface area contributed by atoms with Crippen LogP contribution in [0.25, 0.3) is 11.3 Å². The number of rotatable bonds is 6. The van der Waals surface area contributed by atoms with E-state index in [1.807, 2.05) is 31.2 Å². The van der Waals surface area contributed by atoms with E-state index in [1.165, 1.54) is 25.7 Å². The fraction of sp³-hybridized carbons (Fsp3) is 0.333. The molecule has 2 atom stereocenters. The van der Waals surface area contributed by atoms with Crippen LogP contribution in [-0.4, -0.2) is 40.8 Å². The number of benzene rings is 1. The average molecular weight is 450 g/mol. The highest BCUT2D eigenvalue weighted by atomic mass is 16.5. The Hall–Kier alpha value is -3.88. The Morgan fingerprint density at radius 3 is 2.58 bits per heavy atom. The molecule has 0 bridgehead atoms. The Morgan fingerprint density at radius 1 is 1.12 bits per heavy atom. The van der Waals surface area contributed by atoms with Crippen molar-refractivity contribution in [3.63, 3.8) is 0 Å². The van der Waals surface area contributed by atoms with Crippen LogP contribution < -0.4 is 20.3 Å². The van der Waals surface area contributed by atoms with Crippen LogP contribution in [0.2, 0.25) is 0 Å². The summed E-state index contributed by atoms with van der Waals surface area (Å²) in [6.07, 6.45) is 0.209. The van der Waals surface area contributed by atoms with Gasteiger partial charge in [-0.25, -0.2) is 4.98 Å². The lowest BCUT2D eigenvalue weighted by Gasteiger charge is -2.25. The molecule has 9 nitrogen and oxygen atoms in total. The molecule has 0 spiro atoms. The van der Waals surface area contributed by atoms with Crippen molar-refractivity contribution in [3.05, 3.63) is 63.6 Å². The van der Waals surface area contributed by atoms with Crippen molar-refractivity contribution in [2.24, 2.45) is 7.05 Å². The van der Waals surface area contributed by atoms with Gasteiger partial charge in [-0.15, -0.1) is 0 Å². The highest BCUT2D eigenvalue weighted by Crippen LogP contribution is 2.36. The molecule has 2 unspecified atom stereocenters. The number of nitrogens with one attached hydrogen (secondary N) is 1. The molecular weight excluding hydrogens is 424 g/mol. The maximum atomic E-state index is 13.3. The summed E-state index contributed by atoms with van der Waals surface area (Å²) in [7, 11) is 4.66. The molecule has 172 valence electrons. The number of fused-ring (bicyclic) bond motifs is 1. The molecule has 1 aliphatic carbocycles. The first-order valence-electron chi connectivity index (χ1n) is 10.5. The second kappa shape index (κ2) is 8.93. The molecule has 0 aliphatic heterocycles. The van der Waals surface area contributed by atoms with Gasteiger partial charge in [0.25, 0.3) is 5.56 Å². The lowest BCUT2D eigenvalue weighted by atomic mass is 10.1. The van der Waals surface area contributed by atoms with E-state index in [0.717, 1.165) is 11.1 Å². The summed E-state index contributed by atoms with van der Waals surface area (Å²) in [5.74, 6) is 0.818. The van der Waals surface area contributed by atoms with E-state index in [1.54, 1.807) is 19.2 Å². The number of hydrogen-bond donors (Lipinski definition) is 1. The predicted octanol–water partition coefficient (Wildman–Crippen LogP) is 2.81. The normalized spacial score (nSPS) is 16.8. The first-order valence-corrected chi connectivity index (χ1v) is 10.5. The van der Waals surface area contributed by atoms with Crippen LogP contribution in [0, 0.1) is 6.92 Å². The predicted molar refractivity (Wildman–Crippen MR) is 123 cm³/mol. The lowest BCUT2D eigenvalue weighted by Crippen LogP contribution is -2.31. The van der Waals surface area contributed by atoms with Gasteiger partial charge in [0.05, 0.1) is 31.5 Å². The quantitative estimate of drug-likeness (QED) is 0.572. The summed E-state index contributed by atoms with van der Waals surface area (Å²) in [6.45, 7) is 3.21. The molecule has 2 aromatic heterocycles. The average Bonchev–Trinajstić information content (AvgIpc) is 3.14. The summed E-state index contributed by atoms with van der Waals surface area (Å²) < 4.78 is 17.6. The molecule has 2 heterocycles. The van der Waals surface area contributed by atoms with Gasteiger partial charge < -0.3 is 19.5 Å². The Kier molecular flexibility index (Phi) is 6.04. The zero-order valence-electron chi connectivity index (χ0n) is 19.2. The second-order valence-electron chi connectivity index (χ2n) is 7.84. The summed E-state index contributed by atoms with van der Waals surface area (Å²) in [4.78, 5) is 33.8. The van der Waals surface area contributed by atoms with Crippen molar-refractivity contribution in [2.75, 3.05) is 19.5 Å². The van der Waals surface area contributed by atoms with Gasteiger partial charge in [-0.2, -0.15) is 4.98 Å². The Labute approximate surface area is 191 Å². The molecule has 1 N–H and O–H groups in total.